The lowest BCUT2D eigenvalue weighted by Crippen LogP contribution is -2.56. The molecule has 154 valence electrons. The fourth-order valence-corrected chi connectivity index (χ4v) is 2.58. The van der Waals surface area contributed by atoms with Gasteiger partial charge in [-0.25, -0.2) is 9.59 Å². The third-order valence-electron chi connectivity index (χ3n) is 4.84. The Hall–Kier alpha value is -2.16. The first-order chi connectivity index (χ1) is 12.7. The highest BCUT2D eigenvalue weighted by atomic mass is 16.6. The van der Waals surface area contributed by atoms with Gasteiger partial charge < -0.3 is 25.2 Å². The predicted molar refractivity (Wildman–Crippen MR) is 95.7 cm³/mol. The molecule has 27 heavy (non-hydrogen) atoms. The van der Waals surface area contributed by atoms with E-state index in [0.717, 1.165) is 0 Å². The molecule has 0 radical (unpaired) electrons. The van der Waals surface area contributed by atoms with Crippen molar-refractivity contribution in [1.82, 2.24) is 10.6 Å². The molecule has 9 nitrogen and oxygen atoms in total. The number of aliphatic carboxylic acids is 1. The Kier molecular flexibility index (Phi) is 8.68. The first kappa shape index (κ1) is 22.9. The number of epoxide rings is 1. The molecule has 0 saturated carbocycles. The van der Waals surface area contributed by atoms with Gasteiger partial charge in [-0.05, 0) is 18.8 Å². The smallest absolute Gasteiger partial charge is 0.338 e. The molecule has 1 aliphatic heterocycles. The van der Waals surface area contributed by atoms with E-state index in [2.05, 4.69) is 10.6 Å². The van der Waals surface area contributed by atoms with Crippen molar-refractivity contribution < 1.29 is 33.8 Å². The van der Waals surface area contributed by atoms with Gasteiger partial charge in [0.25, 0.3) is 5.91 Å². The molecular formula is C18H30N2O7. The number of carboxylic acid groups (broad SMARTS) is 1. The molecule has 0 spiro atoms. The average Bonchev–Trinajstić information content (AvgIpc) is 3.43. The van der Waals surface area contributed by atoms with Gasteiger partial charge in [0.2, 0.25) is 5.91 Å². The molecule has 0 aliphatic carbocycles. The number of ether oxygens (including phenoxy) is 2. The Morgan fingerprint density at radius 3 is 2.00 bits per heavy atom. The van der Waals surface area contributed by atoms with E-state index in [-0.39, 0.29) is 18.4 Å². The van der Waals surface area contributed by atoms with Crippen LogP contribution in [0.15, 0.2) is 0 Å². The van der Waals surface area contributed by atoms with Gasteiger partial charge >= 0.3 is 11.9 Å². The Morgan fingerprint density at radius 2 is 1.52 bits per heavy atom. The summed E-state index contributed by atoms with van der Waals surface area (Å²) in [5, 5.41) is 14.5. The standard InChI is InChI=1S/C18H30N2O7/c1-6-9(4)11(15(21)20-12(17(23)24)10(5)7-2)19-16(22)13-14(27-13)18(25)26-8-3/h9-14H,6-8H2,1-5H3,(H,19,22)(H,20,21)(H,23,24)/t9-,10?,11-,12-,13-,14-/m0/s1. The molecule has 0 bridgehead atoms. The maximum Gasteiger partial charge on any atom is 0.338 e. The summed E-state index contributed by atoms with van der Waals surface area (Å²) in [6.45, 7) is 9.03. The molecule has 1 rings (SSSR count). The van der Waals surface area contributed by atoms with Gasteiger partial charge in [-0.1, -0.05) is 40.5 Å². The van der Waals surface area contributed by atoms with Crippen molar-refractivity contribution in [2.45, 2.75) is 71.8 Å². The Morgan fingerprint density at radius 1 is 0.963 bits per heavy atom. The summed E-state index contributed by atoms with van der Waals surface area (Å²) in [6, 6.07) is -1.98. The number of rotatable bonds is 11. The number of carboxylic acids is 1. The van der Waals surface area contributed by atoms with E-state index in [1.807, 2.05) is 13.8 Å². The van der Waals surface area contributed by atoms with Crippen LogP contribution in [0.3, 0.4) is 0 Å². The summed E-state index contributed by atoms with van der Waals surface area (Å²) < 4.78 is 9.85. The minimum atomic E-state index is -1.13. The van der Waals surface area contributed by atoms with Crippen molar-refractivity contribution in [3.05, 3.63) is 0 Å². The molecular weight excluding hydrogens is 356 g/mol. The van der Waals surface area contributed by atoms with Crippen LogP contribution >= 0.6 is 0 Å². The third kappa shape index (κ3) is 6.20. The maximum absolute atomic E-state index is 12.7. The lowest BCUT2D eigenvalue weighted by Gasteiger charge is -2.27. The third-order valence-corrected chi connectivity index (χ3v) is 4.84. The lowest BCUT2D eigenvalue weighted by molar-refractivity contribution is -0.145. The molecule has 2 amide bonds. The van der Waals surface area contributed by atoms with Crippen LogP contribution in [0, 0.1) is 11.8 Å². The zero-order valence-electron chi connectivity index (χ0n) is 16.5. The molecule has 3 N–H and O–H groups in total. The fourth-order valence-electron chi connectivity index (χ4n) is 2.58. The van der Waals surface area contributed by atoms with Crippen LogP contribution in [-0.2, 0) is 28.7 Å². The van der Waals surface area contributed by atoms with Crippen molar-refractivity contribution in [3.8, 4) is 0 Å². The van der Waals surface area contributed by atoms with E-state index in [9.17, 15) is 24.3 Å². The molecule has 1 aliphatic rings. The molecule has 1 unspecified atom stereocenters. The van der Waals surface area contributed by atoms with Crippen LogP contribution in [0.2, 0.25) is 0 Å². The van der Waals surface area contributed by atoms with Crippen molar-refractivity contribution in [3.63, 3.8) is 0 Å². The van der Waals surface area contributed by atoms with Gasteiger partial charge in [-0.3, -0.25) is 9.59 Å². The van der Waals surface area contributed by atoms with E-state index in [1.54, 1.807) is 20.8 Å². The number of hydrogen-bond donors (Lipinski definition) is 3. The summed E-state index contributed by atoms with van der Waals surface area (Å²) in [5.41, 5.74) is 0. The Balaban J connectivity index is 2.78. The number of carbonyl (C=O) groups is 4. The first-order valence-electron chi connectivity index (χ1n) is 9.33. The highest BCUT2D eigenvalue weighted by Crippen LogP contribution is 2.24. The lowest BCUT2D eigenvalue weighted by atomic mass is 9.95. The van der Waals surface area contributed by atoms with E-state index >= 15 is 0 Å². The van der Waals surface area contributed by atoms with Gasteiger partial charge in [0.1, 0.15) is 12.1 Å². The summed E-state index contributed by atoms with van der Waals surface area (Å²) in [7, 11) is 0. The highest BCUT2D eigenvalue weighted by molar-refractivity contribution is 5.96. The highest BCUT2D eigenvalue weighted by Gasteiger charge is 2.52. The van der Waals surface area contributed by atoms with Crippen LogP contribution in [0.25, 0.3) is 0 Å². The number of hydrogen-bond acceptors (Lipinski definition) is 6. The number of amides is 2. The first-order valence-corrected chi connectivity index (χ1v) is 9.33. The van der Waals surface area contributed by atoms with Crippen LogP contribution < -0.4 is 10.6 Å². The SMILES string of the molecule is CCOC(=O)[C@H]1O[C@@H]1C(=O)N[C@H](C(=O)N[C@H](C(=O)O)C(C)CC)[C@@H](C)CC. The second-order valence-electron chi connectivity index (χ2n) is 6.81. The maximum atomic E-state index is 12.7. The topological polar surface area (TPSA) is 134 Å². The van der Waals surface area contributed by atoms with Crippen LogP contribution in [0.1, 0.15) is 47.5 Å². The largest absolute Gasteiger partial charge is 0.480 e. The van der Waals surface area contributed by atoms with E-state index in [4.69, 9.17) is 9.47 Å². The average molecular weight is 386 g/mol. The van der Waals surface area contributed by atoms with Crippen LogP contribution in [0.5, 0.6) is 0 Å². The Bertz CT molecular complexity index is 566. The quantitative estimate of drug-likeness (QED) is 0.347. The summed E-state index contributed by atoms with van der Waals surface area (Å²) in [4.78, 5) is 48.0. The van der Waals surface area contributed by atoms with Gasteiger partial charge in [-0.2, -0.15) is 0 Å². The van der Waals surface area contributed by atoms with E-state index < -0.39 is 48.0 Å². The van der Waals surface area contributed by atoms with Gasteiger partial charge in [0, 0.05) is 0 Å². The molecule has 0 aromatic heterocycles. The van der Waals surface area contributed by atoms with Crippen LogP contribution in [-0.4, -0.2) is 59.8 Å². The Labute approximate surface area is 159 Å². The van der Waals surface area contributed by atoms with Gasteiger partial charge in [-0.15, -0.1) is 0 Å². The van der Waals surface area contributed by atoms with E-state index in [1.165, 1.54) is 0 Å². The van der Waals surface area contributed by atoms with Crippen molar-refractivity contribution >= 4 is 23.8 Å². The normalized spacial score (nSPS) is 22.7. The van der Waals surface area contributed by atoms with Crippen molar-refractivity contribution in [2.75, 3.05) is 6.61 Å². The number of nitrogens with one attached hydrogen (secondary N) is 2. The second-order valence-corrected chi connectivity index (χ2v) is 6.81. The van der Waals surface area contributed by atoms with Crippen molar-refractivity contribution in [2.24, 2.45) is 11.8 Å². The predicted octanol–water partition coefficient (Wildman–Crippen LogP) is 0.463. The fraction of sp³-hybridized carbons (Fsp3) is 0.778. The summed E-state index contributed by atoms with van der Waals surface area (Å²) in [6.07, 6.45) is -0.785. The number of carbonyl (C=O) groups excluding carboxylic acids is 3. The minimum Gasteiger partial charge on any atom is -0.480 e. The summed E-state index contributed by atoms with van der Waals surface area (Å²) in [5.74, 6) is -3.41. The second kappa shape index (κ2) is 10.2. The van der Waals surface area contributed by atoms with Crippen molar-refractivity contribution in [1.29, 1.82) is 0 Å². The minimum absolute atomic E-state index is 0.178. The molecule has 6 atom stereocenters. The zero-order chi connectivity index (χ0) is 20.7. The zero-order valence-corrected chi connectivity index (χ0v) is 16.5. The molecule has 0 aromatic carbocycles. The molecule has 1 saturated heterocycles. The number of esters is 1. The van der Waals surface area contributed by atoms with E-state index in [0.29, 0.717) is 12.8 Å². The monoisotopic (exact) mass is 386 g/mol. The van der Waals surface area contributed by atoms with Gasteiger partial charge in [0.05, 0.1) is 6.61 Å². The van der Waals surface area contributed by atoms with Gasteiger partial charge in [0.15, 0.2) is 12.2 Å². The molecule has 1 heterocycles. The van der Waals surface area contributed by atoms with Crippen LogP contribution in [0.4, 0.5) is 0 Å². The molecule has 0 aromatic rings. The molecule has 1 fully saturated rings. The summed E-state index contributed by atoms with van der Waals surface area (Å²) >= 11 is 0. The molecule has 9 heteroatoms.